The number of benzene rings is 1. The van der Waals surface area contributed by atoms with Crippen molar-refractivity contribution < 1.29 is 0 Å². The molecule has 1 unspecified atom stereocenters. The highest BCUT2D eigenvalue weighted by Crippen LogP contribution is 2.30. The molecular formula is C14H16BrNS. The molecule has 1 atom stereocenters. The minimum atomic E-state index is -0.0313. The second-order valence-corrected chi connectivity index (χ2v) is 6.78. The van der Waals surface area contributed by atoms with Gasteiger partial charge in [-0.05, 0) is 55.7 Å². The Bertz CT molecular complexity index is 525. The molecule has 1 aromatic carbocycles. The van der Waals surface area contributed by atoms with Gasteiger partial charge in [0.1, 0.15) is 0 Å². The lowest BCUT2D eigenvalue weighted by Crippen LogP contribution is -2.12. The summed E-state index contributed by atoms with van der Waals surface area (Å²) in [6.45, 7) is 6.35. The highest BCUT2D eigenvalue weighted by molar-refractivity contribution is 9.10. The van der Waals surface area contributed by atoms with E-state index < -0.39 is 0 Å². The van der Waals surface area contributed by atoms with E-state index in [-0.39, 0.29) is 6.04 Å². The third-order valence-corrected chi connectivity index (χ3v) is 4.28. The van der Waals surface area contributed by atoms with E-state index in [0.717, 1.165) is 10.0 Å². The predicted octanol–water partition coefficient (Wildman–Crippen LogP) is 4.48. The molecule has 0 aliphatic rings. The lowest BCUT2D eigenvalue weighted by molar-refractivity contribution is 0.866. The number of nitrogens with two attached hydrogens (primary N) is 1. The van der Waals surface area contributed by atoms with Gasteiger partial charge in [-0.3, -0.25) is 0 Å². The molecule has 0 spiro atoms. The van der Waals surface area contributed by atoms with Crippen LogP contribution < -0.4 is 5.73 Å². The van der Waals surface area contributed by atoms with Crippen molar-refractivity contribution in [3.63, 3.8) is 0 Å². The van der Waals surface area contributed by atoms with Crippen molar-refractivity contribution in [3.8, 4) is 0 Å². The maximum absolute atomic E-state index is 6.35. The minimum absolute atomic E-state index is 0.0313. The van der Waals surface area contributed by atoms with Crippen molar-refractivity contribution in [2.24, 2.45) is 5.73 Å². The summed E-state index contributed by atoms with van der Waals surface area (Å²) in [5, 5.41) is 0. The zero-order valence-electron chi connectivity index (χ0n) is 10.3. The fraction of sp³-hybridized carbons (Fsp3) is 0.286. The molecular weight excluding hydrogens is 294 g/mol. The maximum Gasteiger partial charge on any atom is 0.0563 e. The van der Waals surface area contributed by atoms with E-state index in [1.54, 1.807) is 0 Å². The summed E-state index contributed by atoms with van der Waals surface area (Å²) in [6, 6.07) is 8.52. The zero-order valence-corrected chi connectivity index (χ0v) is 12.7. The number of rotatable bonds is 2. The molecule has 1 heterocycles. The van der Waals surface area contributed by atoms with Crippen LogP contribution in [0.1, 0.15) is 32.5 Å². The quantitative estimate of drug-likeness (QED) is 0.869. The summed E-state index contributed by atoms with van der Waals surface area (Å²) in [5.41, 5.74) is 9.99. The van der Waals surface area contributed by atoms with Crippen LogP contribution in [0, 0.1) is 20.8 Å². The van der Waals surface area contributed by atoms with Crippen molar-refractivity contribution in [1.82, 2.24) is 0 Å². The van der Waals surface area contributed by atoms with Gasteiger partial charge in [0.05, 0.1) is 6.04 Å². The number of aryl methyl sites for hydroxylation is 3. The Kier molecular flexibility index (Phi) is 3.71. The Morgan fingerprint density at radius 1 is 1.12 bits per heavy atom. The van der Waals surface area contributed by atoms with Gasteiger partial charge in [-0.1, -0.05) is 22.0 Å². The van der Waals surface area contributed by atoms with Crippen LogP contribution in [0.25, 0.3) is 0 Å². The van der Waals surface area contributed by atoms with Crippen LogP contribution in [0.3, 0.4) is 0 Å². The van der Waals surface area contributed by atoms with Crippen molar-refractivity contribution in [1.29, 1.82) is 0 Å². The normalized spacial score (nSPS) is 12.8. The van der Waals surface area contributed by atoms with Crippen LogP contribution in [0.4, 0.5) is 0 Å². The molecule has 1 aromatic heterocycles. The van der Waals surface area contributed by atoms with Crippen LogP contribution in [0.2, 0.25) is 0 Å². The number of halogens is 1. The first-order valence-electron chi connectivity index (χ1n) is 5.57. The van der Waals surface area contributed by atoms with E-state index in [0.29, 0.717) is 0 Å². The van der Waals surface area contributed by atoms with Crippen molar-refractivity contribution in [2.75, 3.05) is 0 Å². The van der Waals surface area contributed by atoms with E-state index in [1.165, 1.54) is 20.9 Å². The number of thiophene rings is 1. The maximum atomic E-state index is 6.35. The Balaban J connectivity index is 2.43. The molecule has 90 valence electrons. The second kappa shape index (κ2) is 4.92. The van der Waals surface area contributed by atoms with Crippen molar-refractivity contribution in [2.45, 2.75) is 26.8 Å². The molecule has 0 fully saturated rings. The summed E-state index contributed by atoms with van der Waals surface area (Å²) in [5.74, 6) is 0. The first-order valence-corrected chi connectivity index (χ1v) is 7.18. The third kappa shape index (κ3) is 2.79. The van der Waals surface area contributed by atoms with E-state index in [9.17, 15) is 0 Å². The molecule has 2 N–H and O–H groups in total. The molecule has 17 heavy (non-hydrogen) atoms. The molecule has 0 bridgehead atoms. The summed E-state index contributed by atoms with van der Waals surface area (Å²) in [4.78, 5) is 2.63. The standard InChI is InChI=1S/C14H16BrNS/c1-8-4-11(7-12(15)5-8)14(16)13-6-9(2)17-10(13)3/h4-7,14H,16H2,1-3H3. The minimum Gasteiger partial charge on any atom is -0.320 e. The first kappa shape index (κ1) is 12.8. The van der Waals surface area contributed by atoms with Gasteiger partial charge in [0.25, 0.3) is 0 Å². The summed E-state index contributed by atoms with van der Waals surface area (Å²) in [6.07, 6.45) is 0. The SMILES string of the molecule is Cc1cc(Br)cc(C(N)c2cc(C)sc2C)c1. The van der Waals surface area contributed by atoms with E-state index >= 15 is 0 Å². The third-order valence-electron chi connectivity index (χ3n) is 2.84. The molecule has 3 heteroatoms. The summed E-state index contributed by atoms with van der Waals surface area (Å²) >= 11 is 5.33. The molecule has 1 nitrogen and oxygen atoms in total. The Hall–Kier alpha value is -0.640. The predicted molar refractivity (Wildman–Crippen MR) is 78.7 cm³/mol. The Labute approximate surface area is 115 Å². The van der Waals surface area contributed by atoms with Gasteiger partial charge in [0.2, 0.25) is 0 Å². The summed E-state index contributed by atoms with van der Waals surface area (Å²) in [7, 11) is 0. The molecule has 2 aromatic rings. The fourth-order valence-electron chi connectivity index (χ4n) is 2.08. The Morgan fingerprint density at radius 2 is 1.82 bits per heavy atom. The van der Waals surface area contributed by atoms with Gasteiger partial charge in [0, 0.05) is 14.2 Å². The monoisotopic (exact) mass is 309 g/mol. The lowest BCUT2D eigenvalue weighted by Gasteiger charge is -2.13. The van der Waals surface area contributed by atoms with Crippen molar-refractivity contribution in [3.05, 3.63) is 55.2 Å². The molecule has 0 aliphatic carbocycles. The van der Waals surface area contributed by atoms with Gasteiger partial charge in [-0.25, -0.2) is 0 Å². The average molecular weight is 310 g/mol. The highest BCUT2D eigenvalue weighted by Gasteiger charge is 2.14. The van der Waals surface area contributed by atoms with Gasteiger partial charge in [-0.2, -0.15) is 0 Å². The van der Waals surface area contributed by atoms with Gasteiger partial charge in [0.15, 0.2) is 0 Å². The molecule has 0 amide bonds. The van der Waals surface area contributed by atoms with E-state index in [1.807, 2.05) is 11.3 Å². The van der Waals surface area contributed by atoms with Crippen LogP contribution in [-0.2, 0) is 0 Å². The summed E-state index contributed by atoms with van der Waals surface area (Å²) < 4.78 is 1.09. The van der Waals surface area contributed by atoms with Crippen LogP contribution >= 0.6 is 27.3 Å². The van der Waals surface area contributed by atoms with Crippen molar-refractivity contribution >= 4 is 27.3 Å². The fourth-order valence-corrected chi connectivity index (χ4v) is 3.68. The average Bonchev–Trinajstić information content (AvgIpc) is 2.55. The van der Waals surface area contributed by atoms with Gasteiger partial charge >= 0.3 is 0 Å². The lowest BCUT2D eigenvalue weighted by atomic mass is 9.98. The van der Waals surface area contributed by atoms with Crippen LogP contribution in [-0.4, -0.2) is 0 Å². The molecule has 0 radical (unpaired) electrons. The van der Waals surface area contributed by atoms with E-state index in [4.69, 9.17) is 5.73 Å². The van der Waals surface area contributed by atoms with E-state index in [2.05, 4.69) is 61.0 Å². The number of hydrogen-bond donors (Lipinski definition) is 1. The second-order valence-electron chi connectivity index (χ2n) is 4.41. The van der Waals surface area contributed by atoms with Gasteiger partial charge in [-0.15, -0.1) is 11.3 Å². The number of hydrogen-bond acceptors (Lipinski definition) is 2. The largest absolute Gasteiger partial charge is 0.320 e. The molecule has 0 saturated heterocycles. The smallest absolute Gasteiger partial charge is 0.0563 e. The van der Waals surface area contributed by atoms with Crippen LogP contribution in [0.15, 0.2) is 28.7 Å². The highest BCUT2D eigenvalue weighted by atomic mass is 79.9. The van der Waals surface area contributed by atoms with Crippen LogP contribution in [0.5, 0.6) is 0 Å². The molecule has 2 rings (SSSR count). The topological polar surface area (TPSA) is 26.0 Å². The molecule has 0 aliphatic heterocycles. The first-order chi connectivity index (χ1) is 7.97. The molecule has 0 saturated carbocycles. The van der Waals surface area contributed by atoms with Gasteiger partial charge < -0.3 is 5.73 Å². The Morgan fingerprint density at radius 3 is 2.35 bits per heavy atom. The zero-order chi connectivity index (χ0) is 12.6.